The summed E-state index contributed by atoms with van der Waals surface area (Å²) in [6.45, 7) is 8.43. The zero-order valence-electron chi connectivity index (χ0n) is 13.2. The molecular weight excluding hydrogens is 262 g/mol. The van der Waals surface area contributed by atoms with Gasteiger partial charge in [0.1, 0.15) is 0 Å². The fourth-order valence-electron chi connectivity index (χ4n) is 3.09. The molecule has 0 spiro atoms. The Bertz CT molecular complexity index is 449. The number of likely N-dealkylation sites (N-methyl/N-ethyl adjacent to an activating group) is 1. The van der Waals surface area contributed by atoms with Crippen molar-refractivity contribution < 1.29 is 4.79 Å². The maximum absolute atomic E-state index is 12.7. The van der Waals surface area contributed by atoms with Crippen LogP contribution in [0.25, 0.3) is 0 Å². The zero-order chi connectivity index (χ0) is 15.2. The number of benzene rings is 1. The minimum Gasteiger partial charge on any atom is -0.340 e. The average molecular weight is 289 g/mol. The Morgan fingerprint density at radius 3 is 2.62 bits per heavy atom. The monoisotopic (exact) mass is 289 g/mol. The number of carbonyl (C=O) groups excluding carboxylic acids is 1. The molecule has 1 aromatic rings. The molecule has 0 aliphatic carbocycles. The van der Waals surface area contributed by atoms with Gasteiger partial charge in [-0.15, -0.1) is 0 Å². The van der Waals surface area contributed by atoms with Crippen molar-refractivity contribution in [3.63, 3.8) is 0 Å². The van der Waals surface area contributed by atoms with Crippen LogP contribution in [0.4, 0.5) is 0 Å². The number of piperazine rings is 1. The van der Waals surface area contributed by atoms with E-state index in [-0.39, 0.29) is 11.8 Å². The van der Waals surface area contributed by atoms with E-state index in [1.807, 2.05) is 23.1 Å². The molecule has 0 radical (unpaired) electrons. The molecule has 21 heavy (non-hydrogen) atoms. The van der Waals surface area contributed by atoms with Gasteiger partial charge in [0.2, 0.25) is 5.91 Å². The fourth-order valence-corrected chi connectivity index (χ4v) is 3.09. The van der Waals surface area contributed by atoms with Crippen molar-refractivity contribution in [2.24, 2.45) is 11.7 Å². The van der Waals surface area contributed by atoms with Crippen molar-refractivity contribution in [1.82, 2.24) is 9.80 Å². The van der Waals surface area contributed by atoms with Crippen LogP contribution in [0.2, 0.25) is 0 Å². The standard InChI is InChI=1S/C17H27N3O/c1-3-19-9-10-20(13-14(19)2)17(21)16(12-18)11-15-7-5-4-6-8-15/h4-8,14,16H,3,9-13,18H2,1-2H3. The Morgan fingerprint density at radius 1 is 1.33 bits per heavy atom. The van der Waals surface area contributed by atoms with Crippen LogP contribution in [0.5, 0.6) is 0 Å². The van der Waals surface area contributed by atoms with Crippen LogP contribution in [0.15, 0.2) is 30.3 Å². The molecule has 4 heteroatoms. The topological polar surface area (TPSA) is 49.6 Å². The van der Waals surface area contributed by atoms with Gasteiger partial charge in [-0.2, -0.15) is 0 Å². The van der Waals surface area contributed by atoms with Crippen LogP contribution >= 0.6 is 0 Å². The summed E-state index contributed by atoms with van der Waals surface area (Å²) in [7, 11) is 0. The summed E-state index contributed by atoms with van der Waals surface area (Å²) in [5.41, 5.74) is 7.04. The molecule has 116 valence electrons. The highest BCUT2D eigenvalue weighted by Crippen LogP contribution is 2.15. The molecule has 0 bridgehead atoms. The van der Waals surface area contributed by atoms with E-state index >= 15 is 0 Å². The third-order valence-corrected chi connectivity index (χ3v) is 4.44. The summed E-state index contributed by atoms with van der Waals surface area (Å²) < 4.78 is 0. The first kappa shape index (κ1) is 16.0. The maximum Gasteiger partial charge on any atom is 0.227 e. The third kappa shape index (κ3) is 4.05. The van der Waals surface area contributed by atoms with Crippen molar-refractivity contribution >= 4 is 5.91 Å². The van der Waals surface area contributed by atoms with Crippen LogP contribution < -0.4 is 5.73 Å². The first-order chi connectivity index (χ1) is 10.2. The van der Waals surface area contributed by atoms with Crippen LogP contribution in [-0.4, -0.2) is 54.5 Å². The van der Waals surface area contributed by atoms with Gasteiger partial charge >= 0.3 is 0 Å². The van der Waals surface area contributed by atoms with E-state index in [0.29, 0.717) is 12.6 Å². The van der Waals surface area contributed by atoms with Crippen LogP contribution in [0, 0.1) is 5.92 Å². The summed E-state index contributed by atoms with van der Waals surface area (Å²) in [6.07, 6.45) is 0.735. The first-order valence-corrected chi connectivity index (χ1v) is 7.92. The molecule has 2 unspecified atom stereocenters. The van der Waals surface area contributed by atoms with Crippen molar-refractivity contribution in [3.05, 3.63) is 35.9 Å². The van der Waals surface area contributed by atoms with Gasteiger partial charge in [0.25, 0.3) is 0 Å². The molecule has 0 aromatic heterocycles. The lowest BCUT2D eigenvalue weighted by Gasteiger charge is -2.40. The molecule has 2 N–H and O–H groups in total. The number of nitrogens with zero attached hydrogens (tertiary/aromatic N) is 2. The summed E-state index contributed by atoms with van der Waals surface area (Å²) in [6, 6.07) is 10.6. The molecule has 1 heterocycles. The molecule has 1 fully saturated rings. The molecule has 1 saturated heterocycles. The number of hydrogen-bond donors (Lipinski definition) is 1. The molecule has 1 aliphatic heterocycles. The van der Waals surface area contributed by atoms with Gasteiger partial charge in [-0.05, 0) is 25.5 Å². The van der Waals surface area contributed by atoms with Crippen LogP contribution in [0.3, 0.4) is 0 Å². The molecule has 1 aliphatic rings. The first-order valence-electron chi connectivity index (χ1n) is 7.92. The quantitative estimate of drug-likeness (QED) is 0.890. The number of rotatable bonds is 5. The lowest BCUT2D eigenvalue weighted by Crippen LogP contribution is -2.55. The smallest absolute Gasteiger partial charge is 0.227 e. The minimum atomic E-state index is -0.104. The van der Waals surface area contributed by atoms with E-state index in [1.165, 1.54) is 5.56 Å². The number of nitrogens with two attached hydrogens (primary N) is 1. The highest BCUT2D eigenvalue weighted by atomic mass is 16.2. The maximum atomic E-state index is 12.7. The second kappa shape index (κ2) is 7.57. The Balaban J connectivity index is 1.97. The zero-order valence-corrected chi connectivity index (χ0v) is 13.2. The van der Waals surface area contributed by atoms with E-state index in [0.717, 1.165) is 32.6 Å². The van der Waals surface area contributed by atoms with Gasteiger partial charge in [-0.3, -0.25) is 9.69 Å². The van der Waals surface area contributed by atoms with Crippen molar-refractivity contribution in [1.29, 1.82) is 0 Å². The summed E-state index contributed by atoms with van der Waals surface area (Å²) in [5.74, 6) is 0.108. The minimum absolute atomic E-state index is 0.104. The molecule has 1 amide bonds. The second-order valence-electron chi connectivity index (χ2n) is 5.88. The summed E-state index contributed by atoms with van der Waals surface area (Å²) in [4.78, 5) is 17.1. The molecule has 4 nitrogen and oxygen atoms in total. The summed E-state index contributed by atoms with van der Waals surface area (Å²) >= 11 is 0. The van der Waals surface area contributed by atoms with Crippen LogP contribution in [-0.2, 0) is 11.2 Å². The predicted octanol–water partition coefficient (Wildman–Crippen LogP) is 1.36. The van der Waals surface area contributed by atoms with Crippen molar-refractivity contribution in [2.45, 2.75) is 26.3 Å². The SMILES string of the molecule is CCN1CCN(C(=O)C(CN)Cc2ccccc2)CC1C. The fraction of sp³-hybridized carbons (Fsp3) is 0.588. The van der Waals surface area contributed by atoms with E-state index in [4.69, 9.17) is 5.73 Å². The molecule has 0 saturated carbocycles. The lowest BCUT2D eigenvalue weighted by atomic mass is 9.97. The Kier molecular flexibility index (Phi) is 5.76. The number of carbonyl (C=O) groups is 1. The number of hydrogen-bond acceptors (Lipinski definition) is 3. The van der Waals surface area contributed by atoms with Crippen molar-refractivity contribution in [3.8, 4) is 0 Å². The van der Waals surface area contributed by atoms with Crippen LogP contribution in [0.1, 0.15) is 19.4 Å². The second-order valence-corrected chi connectivity index (χ2v) is 5.88. The van der Waals surface area contributed by atoms with E-state index in [2.05, 4.69) is 30.9 Å². The Morgan fingerprint density at radius 2 is 2.05 bits per heavy atom. The average Bonchev–Trinajstić information content (AvgIpc) is 2.53. The Hall–Kier alpha value is -1.39. The molecular formula is C17H27N3O. The summed E-state index contributed by atoms with van der Waals surface area (Å²) in [5, 5.41) is 0. The molecule has 2 rings (SSSR count). The largest absolute Gasteiger partial charge is 0.340 e. The predicted molar refractivity (Wildman–Crippen MR) is 86.0 cm³/mol. The Labute approximate surface area is 127 Å². The molecule has 1 aromatic carbocycles. The lowest BCUT2D eigenvalue weighted by molar-refractivity contribution is -0.138. The van der Waals surface area contributed by atoms with Gasteiger partial charge in [0.15, 0.2) is 0 Å². The number of amides is 1. The van der Waals surface area contributed by atoms with Gasteiger partial charge in [0, 0.05) is 32.2 Å². The van der Waals surface area contributed by atoms with Gasteiger partial charge in [-0.1, -0.05) is 37.3 Å². The third-order valence-electron chi connectivity index (χ3n) is 4.44. The van der Waals surface area contributed by atoms with Gasteiger partial charge in [-0.25, -0.2) is 0 Å². The van der Waals surface area contributed by atoms with E-state index < -0.39 is 0 Å². The van der Waals surface area contributed by atoms with E-state index in [9.17, 15) is 4.79 Å². The normalized spacial score (nSPS) is 21.3. The van der Waals surface area contributed by atoms with E-state index in [1.54, 1.807) is 0 Å². The van der Waals surface area contributed by atoms with Gasteiger partial charge in [0.05, 0.1) is 5.92 Å². The van der Waals surface area contributed by atoms with Gasteiger partial charge < -0.3 is 10.6 Å². The van der Waals surface area contributed by atoms with Crippen molar-refractivity contribution in [2.75, 3.05) is 32.7 Å². The highest BCUT2D eigenvalue weighted by Gasteiger charge is 2.29. The molecule has 2 atom stereocenters. The highest BCUT2D eigenvalue weighted by molar-refractivity contribution is 5.79.